The fraction of sp³-hybridized carbons (Fsp3) is 0.500. The van der Waals surface area contributed by atoms with Crippen molar-refractivity contribution in [3.05, 3.63) is 29.6 Å². The van der Waals surface area contributed by atoms with Crippen molar-refractivity contribution in [1.82, 2.24) is 0 Å². The molecule has 0 bridgehead atoms. The zero-order valence-electron chi connectivity index (χ0n) is 8.67. The first-order valence-electron chi connectivity index (χ1n) is 5.43. The zero-order chi connectivity index (χ0) is 10.7. The quantitative estimate of drug-likeness (QED) is 0.781. The fourth-order valence-corrected chi connectivity index (χ4v) is 1.62. The van der Waals surface area contributed by atoms with E-state index < -0.39 is 0 Å². The van der Waals surface area contributed by atoms with Gasteiger partial charge in [-0.15, -0.1) is 0 Å². The van der Waals surface area contributed by atoms with Crippen molar-refractivity contribution >= 4 is 5.69 Å². The van der Waals surface area contributed by atoms with Crippen LogP contribution in [0.1, 0.15) is 24.8 Å². The van der Waals surface area contributed by atoms with Gasteiger partial charge in [0, 0.05) is 6.54 Å². The summed E-state index contributed by atoms with van der Waals surface area (Å²) in [6.07, 6.45) is 3.78. The van der Waals surface area contributed by atoms with Crippen LogP contribution < -0.4 is 5.32 Å². The third-order valence-corrected chi connectivity index (χ3v) is 2.78. The van der Waals surface area contributed by atoms with Crippen LogP contribution in [0.25, 0.3) is 0 Å². The van der Waals surface area contributed by atoms with E-state index in [1.54, 1.807) is 12.1 Å². The largest absolute Gasteiger partial charge is 0.392 e. The van der Waals surface area contributed by atoms with Crippen molar-refractivity contribution in [1.29, 1.82) is 0 Å². The molecular formula is C12H16FNO. The van der Waals surface area contributed by atoms with Crippen molar-refractivity contribution in [2.45, 2.75) is 25.9 Å². The number of hydrogen-bond acceptors (Lipinski definition) is 2. The summed E-state index contributed by atoms with van der Waals surface area (Å²) in [5.74, 6) is 0.578. The molecule has 2 N–H and O–H groups in total. The van der Waals surface area contributed by atoms with E-state index in [1.807, 2.05) is 0 Å². The van der Waals surface area contributed by atoms with Crippen LogP contribution in [0.4, 0.5) is 10.1 Å². The second-order valence-electron chi connectivity index (χ2n) is 4.13. The van der Waals surface area contributed by atoms with Crippen LogP contribution in [0, 0.1) is 11.7 Å². The molecule has 0 aliphatic heterocycles. The lowest BCUT2D eigenvalue weighted by atomic mass is 10.2. The van der Waals surface area contributed by atoms with Crippen LogP contribution in [0.15, 0.2) is 18.2 Å². The Hall–Kier alpha value is -1.09. The van der Waals surface area contributed by atoms with Gasteiger partial charge in [0.1, 0.15) is 5.82 Å². The minimum absolute atomic E-state index is 0.112. The van der Waals surface area contributed by atoms with E-state index in [4.69, 9.17) is 5.11 Å². The third-order valence-electron chi connectivity index (χ3n) is 2.78. The fourth-order valence-electron chi connectivity index (χ4n) is 1.62. The predicted molar refractivity (Wildman–Crippen MR) is 58.2 cm³/mol. The van der Waals surface area contributed by atoms with Gasteiger partial charge < -0.3 is 10.4 Å². The van der Waals surface area contributed by atoms with Crippen LogP contribution in [-0.2, 0) is 6.61 Å². The Kier molecular flexibility index (Phi) is 3.21. The third kappa shape index (κ3) is 2.93. The molecule has 0 radical (unpaired) electrons. The first kappa shape index (κ1) is 10.4. The van der Waals surface area contributed by atoms with Crippen LogP contribution >= 0.6 is 0 Å². The van der Waals surface area contributed by atoms with E-state index in [2.05, 4.69) is 5.32 Å². The van der Waals surface area contributed by atoms with Crippen LogP contribution in [0.2, 0.25) is 0 Å². The average Bonchev–Trinajstić information content (AvgIpc) is 3.04. The van der Waals surface area contributed by atoms with Gasteiger partial charge in [0.25, 0.3) is 0 Å². The smallest absolute Gasteiger partial charge is 0.146 e. The summed E-state index contributed by atoms with van der Waals surface area (Å²) in [6.45, 7) is 0.722. The van der Waals surface area contributed by atoms with Gasteiger partial charge in [-0.25, -0.2) is 4.39 Å². The minimum atomic E-state index is -0.280. The molecule has 1 fully saturated rings. The zero-order valence-corrected chi connectivity index (χ0v) is 8.67. The molecule has 0 amide bonds. The molecule has 0 unspecified atom stereocenters. The highest BCUT2D eigenvalue weighted by Crippen LogP contribution is 2.32. The van der Waals surface area contributed by atoms with Crippen molar-refractivity contribution in [3.8, 4) is 0 Å². The maximum atomic E-state index is 13.4. The number of benzene rings is 1. The SMILES string of the molecule is OCc1ccc(NCCC2CC2)c(F)c1. The van der Waals surface area contributed by atoms with Gasteiger partial charge in [-0.05, 0) is 30.0 Å². The summed E-state index contributed by atoms with van der Waals surface area (Å²) in [6, 6.07) is 4.80. The molecule has 1 saturated carbocycles. The Morgan fingerprint density at radius 3 is 2.80 bits per heavy atom. The average molecular weight is 209 g/mol. The van der Waals surface area contributed by atoms with E-state index in [-0.39, 0.29) is 12.4 Å². The minimum Gasteiger partial charge on any atom is -0.392 e. The molecule has 3 heteroatoms. The summed E-state index contributed by atoms with van der Waals surface area (Å²) >= 11 is 0. The molecule has 0 heterocycles. The first-order valence-corrected chi connectivity index (χ1v) is 5.43. The number of anilines is 1. The standard InChI is InChI=1S/C12H16FNO/c13-11-7-10(8-15)3-4-12(11)14-6-5-9-1-2-9/h3-4,7,9,14-15H,1-2,5-6,8H2. The molecule has 0 atom stereocenters. The molecule has 1 aromatic carbocycles. The molecule has 0 saturated heterocycles. The lowest BCUT2D eigenvalue weighted by Crippen LogP contribution is -2.04. The Morgan fingerprint density at radius 1 is 1.40 bits per heavy atom. The van der Waals surface area contributed by atoms with E-state index in [0.717, 1.165) is 18.9 Å². The number of aliphatic hydroxyl groups excluding tert-OH is 1. The number of halogens is 1. The van der Waals surface area contributed by atoms with Gasteiger partial charge in [0.15, 0.2) is 0 Å². The van der Waals surface area contributed by atoms with Crippen LogP contribution in [0.3, 0.4) is 0 Å². The topological polar surface area (TPSA) is 32.3 Å². The number of rotatable bonds is 5. The number of hydrogen-bond donors (Lipinski definition) is 2. The van der Waals surface area contributed by atoms with Crippen molar-refractivity contribution in [2.24, 2.45) is 5.92 Å². The highest BCUT2D eigenvalue weighted by atomic mass is 19.1. The van der Waals surface area contributed by atoms with Gasteiger partial charge in [-0.1, -0.05) is 18.9 Å². The van der Waals surface area contributed by atoms with Gasteiger partial charge in [-0.3, -0.25) is 0 Å². The molecule has 0 aromatic heterocycles. The van der Waals surface area contributed by atoms with Crippen LogP contribution in [-0.4, -0.2) is 11.7 Å². The maximum Gasteiger partial charge on any atom is 0.146 e. The summed E-state index contributed by atoms with van der Waals surface area (Å²) in [4.78, 5) is 0. The molecule has 82 valence electrons. The number of aliphatic hydroxyl groups is 1. The lowest BCUT2D eigenvalue weighted by molar-refractivity contribution is 0.281. The Balaban J connectivity index is 1.88. The van der Waals surface area contributed by atoms with Gasteiger partial charge >= 0.3 is 0 Å². The van der Waals surface area contributed by atoms with E-state index in [9.17, 15) is 4.39 Å². The summed E-state index contributed by atoms with van der Waals surface area (Å²) in [7, 11) is 0. The van der Waals surface area contributed by atoms with Crippen molar-refractivity contribution in [2.75, 3.05) is 11.9 Å². The maximum absolute atomic E-state index is 13.4. The van der Waals surface area contributed by atoms with Gasteiger partial charge in [0.05, 0.1) is 12.3 Å². The summed E-state index contributed by atoms with van der Waals surface area (Å²) in [5.41, 5.74) is 1.15. The number of nitrogens with one attached hydrogen (secondary N) is 1. The van der Waals surface area contributed by atoms with Gasteiger partial charge in [-0.2, -0.15) is 0 Å². The molecule has 2 nitrogen and oxygen atoms in total. The molecule has 2 rings (SSSR count). The molecule has 0 spiro atoms. The Bertz CT molecular complexity index is 336. The normalized spacial score (nSPS) is 15.3. The lowest BCUT2D eigenvalue weighted by Gasteiger charge is -2.07. The van der Waals surface area contributed by atoms with Crippen LogP contribution in [0.5, 0.6) is 0 Å². The summed E-state index contributed by atoms with van der Waals surface area (Å²) in [5, 5.41) is 11.9. The second-order valence-corrected chi connectivity index (χ2v) is 4.13. The van der Waals surface area contributed by atoms with E-state index in [1.165, 1.54) is 18.9 Å². The Morgan fingerprint density at radius 2 is 2.20 bits per heavy atom. The Labute approximate surface area is 89.1 Å². The van der Waals surface area contributed by atoms with Gasteiger partial charge in [0.2, 0.25) is 0 Å². The monoisotopic (exact) mass is 209 g/mol. The molecule has 1 aliphatic rings. The van der Waals surface area contributed by atoms with Crippen molar-refractivity contribution in [3.63, 3.8) is 0 Å². The first-order chi connectivity index (χ1) is 7.29. The second kappa shape index (κ2) is 4.62. The highest BCUT2D eigenvalue weighted by molar-refractivity contribution is 5.46. The van der Waals surface area contributed by atoms with E-state index >= 15 is 0 Å². The van der Waals surface area contributed by atoms with E-state index in [0.29, 0.717) is 11.3 Å². The molecule has 1 aliphatic carbocycles. The highest BCUT2D eigenvalue weighted by Gasteiger charge is 2.20. The molecular weight excluding hydrogens is 193 g/mol. The predicted octanol–water partition coefficient (Wildman–Crippen LogP) is 2.53. The van der Waals surface area contributed by atoms with Crippen molar-refractivity contribution < 1.29 is 9.50 Å². The molecule has 1 aromatic rings. The summed E-state index contributed by atoms with van der Waals surface area (Å²) < 4.78 is 13.4. The molecule has 15 heavy (non-hydrogen) atoms.